The lowest BCUT2D eigenvalue weighted by atomic mass is 9.96. The Hall–Kier alpha value is -1.23. The Kier molecular flexibility index (Phi) is 3.32. The van der Waals surface area contributed by atoms with Crippen molar-refractivity contribution >= 4 is 5.78 Å². The number of hydrogen-bond acceptors (Lipinski definition) is 4. The molecule has 0 N–H and O–H groups in total. The molecular formula is C17H21NO3. The summed E-state index contributed by atoms with van der Waals surface area (Å²) >= 11 is 0. The predicted molar refractivity (Wildman–Crippen MR) is 77.6 cm³/mol. The van der Waals surface area contributed by atoms with Crippen LogP contribution in [-0.2, 0) is 20.8 Å². The average molecular weight is 287 g/mol. The second-order valence-electron chi connectivity index (χ2n) is 6.23. The van der Waals surface area contributed by atoms with E-state index in [-0.39, 0.29) is 18.4 Å². The van der Waals surface area contributed by atoms with Crippen molar-refractivity contribution in [1.29, 1.82) is 0 Å². The van der Waals surface area contributed by atoms with Gasteiger partial charge in [0.05, 0.1) is 12.1 Å². The van der Waals surface area contributed by atoms with E-state index in [1.165, 1.54) is 5.56 Å². The van der Waals surface area contributed by atoms with Gasteiger partial charge in [0, 0.05) is 31.5 Å². The summed E-state index contributed by atoms with van der Waals surface area (Å²) in [5.41, 5.74) is 1.26. The molecule has 21 heavy (non-hydrogen) atoms. The van der Waals surface area contributed by atoms with Gasteiger partial charge in [-0.2, -0.15) is 0 Å². The molecule has 2 bridgehead atoms. The van der Waals surface area contributed by atoms with Crippen LogP contribution in [0.1, 0.15) is 25.3 Å². The van der Waals surface area contributed by atoms with Crippen molar-refractivity contribution in [3.63, 3.8) is 0 Å². The van der Waals surface area contributed by atoms with E-state index in [2.05, 4.69) is 29.2 Å². The van der Waals surface area contributed by atoms with Crippen LogP contribution in [0.25, 0.3) is 0 Å². The third-order valence-corrected chi connectivity index (χ3v) is 5.07. The normalized spacial score (nSPS) is 38.1. The summed E-state index contributed by atoms with van der Waals surface area (Å²) in [6.07, 6.45) is 1.33. The summed E-state index contributed by atoms with van der Waals surface area (Å²) < 4.78 is 11.8. The highest BCUT2D eigenvalue weighted by atomic mass is 16.7. The second kappa shape index (κ2) is 5.20. The molecule has 3 aliphatic rings. The number of rotatable bonds is 4. The van der Waals surface area contributed by atoms with Gasteiger partial charge >= 0.3 is 0 Å². The molecule has 1 aromatic rings. The van der Waals surface area contributed by atoms with Gasteiger partial charge < -0.3 is 9.47 Å². The van der Waals surface area contributed by atoms with Crippen molar-refractivity contribution in [2.24, 2.45) is 5.92 Å². The molecule has 1 unspecified atom stereocenters. The molecule has 3 heterocycles. The van der Waals surface area contributed by atoms with Crippen molar-refractivity contribution in [1.82, 2.24) is 4.90 Å². The standard InChI is InChI=1S/C17H21NO3/c1-2-20-17-12-8-13-14(19)9-15(21-17)16(12)18(13)10-11-6-4-3-5-7-11/h3-7,12-13,15-17H,2,8-10H2,1H3/t12-,13-,15?,16+,17-/m0/s1. The maximum atomic E-state index is 12.3. The highest BCUT2D eigenvalue weighted by Crippen LogP contribution is 2.47. The lowest BCUT2D eigenvalue weighted by Crippen LogP contribution is -2.51. The Balaban J connectivity index is 1.59. The molecule has 0 aromatic heterocycles. The van der Waals surface area contributed by atoms with Gasteiger partial charge in [0.1, 0.15) is 0 Å². The van der Waals surface area contributed by atoms with E-state index >= 15 is 0 Å². The third kappa shape index (κ3) is 2.13. The van der Waals surface area contributed by atoms with Crippen molar-refractivity contribution < 1.29 is 14.3 Å². The van der Waals surface area contributed by atoms with E-state index in [4.69, 9.17) is 9.47 Å². The lowest BCUT2D eigenvalue weighted by molar-refractivity contribution is -0.164. The van der Waals surface area contributed by atoms with Crippen LogP contribution in [0.4, 0.5) is 0 Å². The molecule has 1 aromatic carbocycles. The van der Waals surface area contributed by atoms with Crippen LogP contribution < -0.4 is 0 Å². The number of fused-ring (bicyclic) bond motifs is 1. The SMILES string of the molecule is CCO[C@H]1OC2CC(=O)[C@@H]3C[C@H]1[C@H]2N3Cc1ccccc1. The molecule has 5 atom stereocenters. The number of carbonyl (C=O) groups excluding carboxylic acids is 1. The minimum absolute atomic E-state index is 0.0153. The van der Waals surface area contributed by atoms with Crippen LogP contribution in [0.3, 0.4) is 0 Å². The predicted octanol–water partition coefficient (Wildman–Crippen LogP) is 1.98. The van der Waals surface area contributed by atoms with Crippen LogP contribution >= 0.6 is 0 Å². The van der Waals surface area contributed by atoms with Crippen molar-refractivity contribution in [2.45, 2.75) is 50.8 Å². The quantitative estimate of drug-likeness (QED) is 0.849. The Labute approximate surface area is 125 Å². The highest BCUT2D eigenvalue weighted by molar-refractivity contribution is 5.86. The summed E-state index contributed by atoms with van der Waals surface area (Å²) in [4.78, 5) is 14.7. The van der Waals surface area contributed by atoms with Crippen LogP contribution in [0.2, 0.25) is 0 Å². The van der Waals surface area contributed by atoms with Gasteiger partial charge in [0.25, 0.3) is 0 Å². The number of Topliss-reactive ketones (excluding diaryl/α,β-unsaturated/α-hetero) is 1. The smallest absolute Gasteiger partial charge is 0.162 e. The molecule has 0 spiro atoms. The van der Waals surface area contributed by atoms with E-state index in [0.29, 0.717) is 30.8 Å². The van der Waals surface area contributed by atoms with E-state index in [0.717, 1.165) is 13.0 Å². The Morgan fingerprint density at radius 2 is 2.14 bits per heavy atom. The van der Waals surface area contributed by atoms with Crippen LogP contribution in [0.5, 0.6) is 0 Å². The molecule has 4 rings (SSSR count). The topological polar surface area (TPSA) is 38.8 Å². The first-order valence-electron chi connectivity index (χ1n) is 7.87. The minimum Gasteiger partial charge on any atom is -0.353 e. The number of ketones is 1. The maximum Gasteiger partial charge on any atom is 0.162 e. The summed E-state index contributed by atoms with van der Waals surface area (Å²) in [6.45, 7) is 3.49. The van der Waals surface area contributed by atoms with Gasteiger partial charge in [-0.3, -0.25) is 9.69 Å². The highest BCUT2D eigenvalue weighted by Gasteiger charge is 2.60. The van der Waals surface area contributed by atoms with Gasteiger partial charge in [-0.1, -0.05) is 30.3 Å². The largest absolute Gasteiger partial charge is 0.353 e. The maximum absolute atomic E-state index is 12.3. The summed E-state index contributed by atoms with van der Waals surface area (Å²) in [6, 6.07) is 10.8. The molecule has 0 radical (unpaired) electrons. The van der Waals surface area contributed by atoms with Crippen LogP contribution in [-0.4, -0.2) is 41.8 Å². The number of piperidine rings is 1. The molecule has 4 nitrogen and oxygen atoms in total. The number of benzene rings is 1. The molecule has 4 heteroatoms. The number of ether oxygens (including phenoxy) is 2. The molecular weight excluding hydrogens is 266 g/mol. The number of carbonyl (C=O) groups is 1. The van der Waals surface area contributed by atoms with E-state index in [9.17, 15) is 4.79 Å². The fraction of sp³-hybridized carbons (Fsp3) is 0.588. The zero-order chi connectivity index (χ0) is 14.4. The molecule has 112 valence electrons. The van der Waals surface area contributed by atoms with Crippen molar-refractivity contribution in [3.8, 4) is 0 Å². The summed E-state index contributed by atoms with van der Waals surface area (Å²) in [5.74, 6) is 0.680. The molecule has 3 aliphatic heterocycles. The molecule has 3 fully saturated rings. The van der Waals surface area contributed by atoms with Gasteiger partial charge in [-0.05, 0) is 18.9 Å². The van der Waals surface area contributed by atoms with E-state index in [1.807, 2.05) is 13.0 Å². The average Bonchev–Trinajstić information content (AvgIpc) is 2.96. The molecule has 0 aliphatic carbocycles. The van der Waals surface area contributed by atoms with Crippen LogP contribution in [0, 0.1) is 5.92 Å². The summed E-state index contributed by atoms with van der Waals surface area (Å²) in [7, 11) is 0. The second-order valence-corrected chi connectivity index (χ2v) is 6.23. The minimum atomic E-state index is -0.124. The molecule has 0 amide bonds. The van der Waals surface area contributed by atoms with E-state index in [1.54, 1.807) is 0 Å². The number of hydrogen-bond donors (Lipinski definition) is 0. The van der Waals surface area contributed by atoms with Gasteiger partial charge in [-0.25, -0.2) is 0 Å². The Bertz CT molecular complexity index is 532. The van der Waals surface area contributed by atoms with Gasteiger partial charge in [0.15, 0.2) is 12.1 Å². The fourth-order valence-electron chi connectivity index (χ4n) is 4.26. The molecule has 0 saturated carbocycles. The van der Waals surface area contributed by atoms with Gasteiger partial charge in [0.2, 0.25) is 0 Å². The Morgan fingerprint density at radius 1 is 1.33 bits per heavy atom. The van der Waals surface area contributed by atoms with Crippen molar-refractivity contribution in [2.75, 3.05) is 6.61 Å². The zero-order valence-electron chi connectivity index (χ0n) is 12.3. The first kappa shape index (κ1) is 13.4. The molecule has 3 saturated heterocycles. The lowest BCUT2D eigenvalue weighted by Gasteiger charge is -2.36. The van der Waals surface area contributed by atoms with Crippen LogP contribution in [0.15, 0.2) is 30.3 Å². The van der Waals surface area contributed by atoms with Gasteiger partial charge in [-0.15, -0.1) is 0 Å². The monoisotopic (exact) mass is 287 g/mol. The fourth-order valence-corrected chi connectivity index (χ4v) is 4.26. The van der Waals surface area contributed by atoms with E-state index < -0.39 is 0 Å². The first-order valence-corrected chi connectivity index (χ1v) is 7.87. The summed E-state index contributed by atoms with van der Waals surface area (Å²) in [5, 5.41) is 0. The first-order chi connectivity index (χ1) is 10.3. The third-order valence-electron chi connectivity index (χ3n) is 5.07. The Morgan fingerprint density at radius 3 is 2.90 bits per heavy atom. The zero-order valence-corrected chi connectivity index (χ0v) is 12.3. The number of nitrogens with zero attached hydrogens (tertiary/aromatic N) is 1. The van der Waals surface area contributed by atoms with Crippen molar-refractivity contribution in [3.05, 3.63) is 35.9 Å².